The molecule has 2 saturated carbocycles. The third-order valence-corrected chi connectivity index (χ3v) is 4.23. The lowest BCUT2D eigenvalue weighted by Crippen LogP contribution is -2.10. The lowest BCUT2D eigenvalue weighted by Gasteiger charge is -2.26. The second kappa shape index (κ2) is 5.00. The Hall–Kier alpha value is -0.260. The van der Waals surface area contributed by atoms with Gasteiger partial charge in [-0.3, -0.25) is 0 Å². The number of rotatable bonds is 1. The van der Waals surface area contributed by atoms with Crippen LogP contribution < -0.4 is 0 Å². The molecule has 0 unspecified atom stereocenters. The van der Waals surface area contributed by atoms with Crippen LogP contribution in [-0.2, 0) is 0 Å². The van der Waals surface area contributed by atoms with Crippen LogP contribution in [0.15, 0.2) is 11.1 Å². The van der Waals surface area contributed by atoms with Crippen molar-refractivity contribution in [2.75, 3.05) is 0 Å². The fraction of sp³-hybridized carbons (Fsp3) is 0.857. The Balaban J connectivity index is 1.99. The summed E-state index contributed by atoms with van der Waals surface area (Å²) in [4.78, 5) is 0. The lowest BCUT2D eigenvalue weighted by atomic mass is 9.79. The summed E-state index contributed by atoms with van der Waals surface area (Å²) in [5.74, 6) is 0.969. The van der Waals surface area contributed by atoms with Crippen LogP contribution in [0, 0.1) is 5.92 Å². The molecule has 0 aromatic rings. The van der Waals surface area contributed by atoms with E-state index in [1.165, 1.54) is 64.2 Å². The van der Waals surface area contributed by atoms with Crippen molar-refractivity contribution in [2.24, 2.45) is 5.92 Å². The zero-order chi connectivity index (χ0) is 9.80. The van der Waals surface area contributed by atoms with E-state index in [-0.39, 0.29) is 0 Å². The standard InChI is InChI=1S/C14H24/c1-12(13-8-4-2-5-9-13)14-10-6-3-7-11-14/h13H,2-11H2,1H3. The highest BCUT2D eigenvalue weighted by molar-refractivity contribution is 5.16. The van der Waals surface area contributed by atoms with E-state index in [4.69, 9.17) is 0 Å². The summed E-state index contributed by atoms with van der Waals surface area (Å²) in [5, 5.41) is 0. The van der Waals surface area contributed by atoms with E-state index in [9.17, 15) is 0 Å². The molecule has 0 spiro atoms. The molecular formula is C14H24. The molecule has 0 aromatic heterocycles. The Kier molecular flexibility index (Phi) is 3.67. The van der Waals surface area contributed by atoms with Crippen molar-refractivity contribution in [3.8, 4) is 0 Å². The Labute approximate surface area is 88.8 Å². The van der Waals surface area contributed by atoms with Crippen molar-refractivity contribution in [2.45, 2.75) is 71.1 Å². The van der Waals surface area contributed by atoms with Gasteiger partial charge in [0.15, 0.2) is 0 Å². The van der Waals surface area contributed by atoms with Crippen LogP contribution in [-0.4, -0.2) is 0 Å². The van der Waals surface area contributed by atoms with Gasteiger partial charge in [0.2, 0.25) is 0 Å². The van der Waals surface area contributed by atoms with Gasteiger partial charge in [-0.25, -0.2) is 0 Å². The quantitative estimate of drug-likeness (QED) is 0.521. The molecule has 2 rings (SSSR count). The number of hydrogen-bond donors (Lipinski definition) is 0. The van der Waals surface area contributed by atoms with Crippen LogP contribution in [0.4, 0.5) is 0 Å². The van der Waals surface area contributed by atoms with Crippen molar-refractivity contribution < 1.29 is 0 Å². The predicted molar refractivity (Wildman–Crippen MR) is 62.4 cm³/mol. The fourth-order valence-corrected chi connectivity index (χ4v) is 3.20. The van der Waals surface area contributed by atoms with Crippen LogP contribution in [0.3, 0.4) is 0 Å². The minimum absolute atomic E-state index is 0.969. The third kappa shape index (κ3) is 2.40. The van der Waals surface area contributed by atoms with E-state index in [2.05, 4.69) is 6.92 Å². The molecule has 80 valence electrons. The summed E-state index contributed by atoms with van der Waals surface area (Å²) in [7, 11) is 0. The summed E-state index contributed by atoms with van der Waals surface area (Å²) in [6.45, 7) is 2.43. The first-order chi connectivity index (χ1) is 6.88. The Bertz CT molecular complexity index is 198. The first-order valence-electron chi connectivity index (χ1n) is 6.56. The Morgan fingerprint density at radius 3 is 2.07 bits per heavy atom. The number of hydrogen-bond acceptors (Lipinski definition) is 0. The highest BCUT2D eigenvalue weighted by Gasteiger charge is 2.18. The van der Waals surface area contributed by atoms with Crippen LogP contribution in [0.1, 0.15) is 71.1 Å². The second-order valence-corrected chi connectivity index (χ2v) is 5.18. The van der Waals surface area contributed by atoms with Crippen molar-refractivity contribution >= 4 is 0 Å². The van der Waals surface area contributed by atoms with Crippen LogP contribution in [0.5, 0.6) is 0 Å². The SMILES string of the molecule is CC(=C1CCCCC1)C1CCCCC1. The predicted octanol–water partition coefficient (Wildman–Crippen LogP) is 4.85. The van der Waals surface area contributed by atoms with Crippen molar-refractivity contribution in [1.29, 1.82) is 0 Å². The zero-order valence-electron chi connectivity index (χ0n) is 9.65. The molecule has 0 N–H and O–H groups in total. The average Bonchev–Trinajstić information content (AvgIpc) is 2.30. The smallest absolute Gasteiger partial charge is 0.0203 e. The summed E-state index contributed by atoms with van der Waals surface area (Å²) in [6.07, 6.45) is 14.6. The Morgan fingerprint density at radius 2 is 1.43 bits per heavy atom. The van der Waals surface area contributed by atoms with E-state index < -0.39 is 0 Å². The molecule has 0 radical (unpaired) electrons. The van der Waals surface area contributed by atoms with Gasteiger partial charge in [-0.2, -0.15) is 0 Å². The summed E-state index contributed by atoms with van der Waals surface area (Å²) < 4.78 is 0. The van der Waals surface area contributed by atoms with Gasteiger partial charge in [0.25, 0.3) is 0 Å². The minimum atomic E-state index is 0.969. The number of allylic oxidation sites excluding steroid dienone is 2. The zero-order valence-corrected chi connectivity index (χ0v) is 9.65. The molecule has 0 amide bonds. The van der Waals surface area contributed by atoms with Crippen LogP contribution in [0.25, 0.3) is 0 Å². The van der Waals surface area contributed by atoms with Gasteiger partial charge in [0.1, 0.15) is 0 Å². The van der Waals surface area contributed by atoms with Gasteiger partial charge in [0.05, 0.1) is 0 Å². The molecule has 0 heterocycles. The van der Waals surface area contributed by atoms with E-state index in [1.807, 2.05) is 5.57 Å². The van der Waals surface area contributed by atoms with Gasteiger partial charge in [-0.1, -0.05) is 36.8 Å². The maximum Gasteiger partial charge on any atom is -0.0203 e. The van der Waals surface area contributed by atoms with Crippen molar-refractivity contribution in [3.05, 3.63) is 11.1 Å². The third-order valence-electron chi connectivity index (χ3n) is 4.23. The maximum absolute atomic E-state index is 2.43. The van der Waals surface area contributed by atoms with Gasteiger partial charge in [-0.15, -0.1) is 0 Å². The molecule has 0 aliphatic heterocycles. The molecule has 0 nitrogen and oxygen atoms in total. The topological polar surface area (TPSA) is 0 Å². The molecule has 14 heavy (non-hydrogen) atoms. The minimum Gasteiger partial charge on any atom is -0.0710 e. The van der Waals surface area contributed by atoms with Crippen molar-refractivity contribution in [3.63, 3.8) is 0 Å². The summed E-state index contributed by atoms with van der Waals surface area (Å²) >= 11 is 0. The molecule has 2 aliphatic carbocycles. The van der Waals surface area contributed by atoms with Gasteiger partial charge in [0, 0.05) is 0 Å². The maximum atomic E-state index is 2.43. The highest BCUT2D eigenvalue weighted by atomic mass is 14.2. The fourth-order valence-electron chi connectivity index (χ4n) is 3.20. The second-order valence-electron chi connectivity index (χ2n) is 5.18. The lowest BCUT2D eigenvalue weighted by molar-refractivity contribution is 0.396. The first-order valence-corrected chi connectivity index (χ1v) is 6.56. The molecule has 0 atom stereocenters. The molecule has 2 aliphatic rings. The molecular weight excluding hydrogens is 168 g/mol. The van der Waals surface area contributed by atoms with E-state index in [0.29, 0.717) is 0 Å². The van der Waals surface area contributed by atoms with Gasteiger partial charge >= 0.3 is 0 Å². The molecule has 0 heteroatoms. The average molecular weight is 192 g/mol. The highest BCUT2D eigenvalue weighted by Crippen LogP contribution is 2.35. The van der Waals surface area contributed by atoms with E-state index >= 15 is 0 Å². The Morgan fingerprint density at radius 1 is 0.857 bits per heavy atom. The summed E-state index contributed by atoms with van der Waals surface area (Å²) in [5.41, 5.74) is 3.63. The van der Waals surface area contributed by atoms with E-state index in [1.54, 1.807) is 5.57 Å². The summed E-state index contributed by atoms with van der Waals surface area (Å²) in [6, 6.07) is 0. The van der Waals surface area contributed by atoms with Crippen LogP contribution >= 0.6 is 0 Å². The monoisotopic (exact) mass is 192 g/mol. The van der Waals surface area contributed by atoms with E-state index in [0.717, 1.165) is 5.92 Å². The molecule has 0 bridgehead atoms. The molecule has 0 aromatic carbocycles. The molecule has 0 saturated heterocycles. The van der Waals surface area contributed by atoms with Crippen LogP contribution in [0.2, 0.25) is 0 Å². The van der Waals surface area contributed by atoms with Gasteiger partial charge < -0.3 is 0 Å². The normalized spacial score (nSPS) is 25.1. The molecule has 2 fully saturated rings. The van der Waals surface area contributed by atoms with Crippen molar-refractivity contribution in [1.82, 2.24) is 0 Å². The van der Waals surface area contributed by atoms with Gasteiger partial charge in [-0.05, 0) is 51.4 Å². The first kappa shape index (κ1) is 10.3. The largest absolute Gasteiger partial charge is 0.0710 e.